The second-order valence-electron chi connectivity index (χ2n) is 7.03. The maximum atomic E-state index is 12.8. The number of nitrogens with zero attached hydrogens (tertiary/aromatic N) is 2. The van der Waals surface area contributed by atoms with Gasteiger partial charge < -0.3 is 9.64 Å². The first kappa shape index (κ1) is 20.7. The number of rotatable bonds is 9. The van der Waals surface area contributed by atoms with E-state index in [1.54, 1.807) is 12.4 Å². The smallest absolute Gasteiger partial charge is 0.266 e. The van der Waals surface area contributed by atoms with Gasteiger partial charge in [0.1, 0.15) is 5.75 Å². The van der Waals surface area contributed by atoms with Gasteiger partial charge in [-0.2, -0.15) is 0 Å². The van der Waals surface area contributed by atoms with Gasteiger partial charge in [0.05, 0.1) is 0 Å². The number of carbonyl (C=O) groups excluding carboxylic acids is 1. The van der Waals surface area contributed by atoms with Crippen molar-refractivity contribution in [3.05, 3.63) is 59.9 Å². The lowest BCUT2D eigenvalue weighted by Crippen LogP contribution is -2.49. The molecule has 144 valence electrons. The summed E-state index contributed by atoms with van der Waals surface area (Å²) >= 11 is 0. The van der Waals surface area contributed by atoms with Crippen molar-refractivity contribution in [1.82, 2.24) is 9.88 Å². The number of hydrogen-bond acceptors (Lipinski definition) is 3. The van der Waals surface area contributed by atoms with E-state index in [0.29, 0.717) is 12.3 Å². The van der Waals surface area contributed by atoms with E-state index in [2.05, 4.69) is 11.9 Å². The van der Waals surface area contributed by atoms with Crippen LogP contribution in [0.2, 0.25) is 0 Å². The highest BCUT2D eigenvalue weighted by Gasteiger charge is 2.33. The number of likely N-dealkylation sites (N-methyl/N-ethyl adjacent to an activating group) is 1. The van der Waals surface area contributed by atoms with Crippen LogP contribution in [0.5, 0.6) is 5.75 Å². The third-order valence-electron chi connectivity index (χ3n) is 4.39. The van der Waals surface area contributed by atoms with Crippen LogP contribution in [0.4, 0.5) is 0 Å². The topological polar surface area (TPSA) is 42.4 Å². The number of unbranched alkanes of at least 4 members (excludes halogenated alkanes) is 1. The van der Waals surface area contributed by atoms with Crippen LogP contribution in [0, 0.1) is 0 Å². The molecule has 0 saturated heterocycles. The number of aromatic nitrogens is 1. The summed E-state index contributed by atoms with van der Waals surface area (Å²) in [6, 6.07) is 11.7. The number of amides is 1. The van der Waals surface area contributed by atoms with E-state index >= 15 is 0 Å². The van der Waals surface area contributed by atoms with Crippen LogP contribution in [0.15, 0.2) is 48.8 Å². The summed E-state index contributed by atoms with van der Waals surface area (Å²) in [5.74, 6) is 0.723. The Morgan fingerprint density at radius 3 is 2.19 bits per heavy atom. The fraction of sp³-hybridized carbons (Fsp3) is 0.391. The zero-order valence-corrected chi connectivity index (χ0v) is 16.8. The minimum atomic E-state index is -0.891. The molecule has 1 amide bonds. The summed E-state index contributed by atoms with van der Waals surface area (Å²) < 4.78 is 6.02. The average Bonchev–Trinajstić information content (AvgIpc) is 2.68. The summed E-state index contributed by atoms with van der Waals surface area (Å²) in [5, 5.41) is 0. The largest absolute Gasteiger partial charge is 0.478 e. The lowest BCUT2D eigenvalue weighted by Gasteiger charge is -2.31. The average molecular weight is 367 g/mol. The molecule has 0 atom stereocenters. The van der Waals surface area contributed by atoms with Gasteiger partial charge in [0.2, 0.25) is 0 Å². The van der Waals surface area contributed by atoms with Crippen molar-refractivity contribution in [3.8, 4) is 5.75 Å². The van der Waals surface area contributed by atoms with Gasteiger partial charge in [-0.1, -0.05) is 37.6 Å². The van der Waals surface area contributed by atoms with Gasteiger partial charge in [-0.25, -0.2) is 0 Å². The quantitative estimate of drug-likeness (QED) is 0.623. The van der Waals surface area contributed by atoms with Crippen LogP contribution in [-0.2, 0) is 4.79 Å². The molecule has 0 bridgehead atoms. The number of carbonyl (C=O) groups is 1. The predicted octanol–water partition coefficient (Wildman–Crippen LogP) is 5.06. The first-order valence-corrected chi connectivity index (χ1v) is 9.63. The molecule has 0 radical (unpaired) electrons. The maximum Gasteiger partial charge on any atom is 0.266 e. The highest BCUT2D eigenvalue weighted by Crippen LogP contribution is 2.22. The molecule has 1 aromatic carbocycles. The van der Waals surface area contributed by atoms with E-state index in [9.17, 15) is 4.79 Å². The number of ether oxygens (including phenoxy) is 1. The molecule has 2 rings (SSSR count). The Kier molecular flexibility index (Phi) is 7.59. The van der Waals surface area contributed by atoms with E-state index < -0.39 is 5.60 Å². The third kappa shape index (κ3) is 6.24. The van der Waals surface area contributed by atoms with E-state index in [1.807, 2.05) is 74.2 Å². The predicted molar refractivity (Wildman–Crippen MR) is 111 cm³/mol. The SMILES string of the molecule is CCCCN(CC)C(=O)C(C)(C)Oc1ccc(/C=C/c2ccncc2)cc1. The first-order chi connectivity index (χ1) is 13.0. The molecule has 1 aromatic heterocycles. The van der Waals surface area contributed by atoms with E-state index in [0.717, 1.165) is 30.5 Å². The van der Waals surface area contributed by atoms with Crippen LogP contribution in [-0.4, -0.2) is 34.5 Å². The highest BCUT2D eigenvalue weighted by molar-refractivity contribution is 5.84. The molecule has 0 saturated carbocycles. The Hall–Kier alpha value is -2.62. The van der Waals surface area contributed by atoms with Crippen molar-refractivity contribution in [3.63, 3.8) is 0 Å². The Bertz CT molecular complexity index is 737. The van der Waals surface area contributed by atoms with Crippen molar-refractivity contribution in [2.45, 2.75) is 46.1 Å². The molecule has 1 heterocycles. The summed E-state index contributed by atoms with van der Waals surface area (Å²) in [6.07, 6.45) is 9.70. The third-order valence-corrected chi connectivity index (χ3v) is 4.39. The molecule has 0 aliphatic carbocycles. The minimum Gasteiger partial charge on any atom is -0.478 e. The molecular weight excluding hydrogens is 336 g/mol. The van der Waals surface area contributed by atoms with E-state index in [-0.39, 0.29) is 5.91 Å². The fourth-order valence-electron chi connectivity index (χ4n) is 2.79. The summed E-state index contributed by atoms with van der Waals surface area (Å²) in [4.78, 5) is 18.7. The summed E-state index contributed by atoms with van der Waals surface area (Å²) in [6.45, 7) is 9.28. The zero-order chi connectivity index (χ0) is 19.7. The Labute approximate surface area is 162 Å². The molecule has 4 nitrogen and oxygen atoms in total. The molecule has 2 aromatic rings. The van der Waals surface area contributed by atoms with Crippen molar-refractivity contribution < 1.29 is 9.53 Å². The summed E-state index contributed by atoms with van der Waals surface area (Å²) in [7, 11) is 0. The number of pyridine rings is 1. The van der Waals surface area contributed by atoms with E-state index in [1.165, 1.54) is 0 Å². The molecule has 0 fully saturated rings. The van der Waals surface area contributed by atoms with Gasteiger partial charge in [-0.05, 0) is 62.6 Å². The van der Waals surface area contributed by atoms with Crippen LogP contribution in [0.3, 0.4) is 0 Å². The minimum absolute atomic E-state index is 0.0279. The maximum absolute atomic E-state index is 12.8. The van der Waals surface area contributed by atoms with Crippen LogP contribution in [0.1, 0.15) is 51.7 Å². The second kappa shape index (κ2) is 9.91. The summed E-state index contributed by atoms with van der Waals surface area (Å²) in [5.41, 5.74) is 1.28. The van der Waals surface area contributed by atoms with Gasteiger partial charge in [-0.3, -0.25) is 9.78 Å². The van der Waals surface area contributed by atoms with Gasteiger partial charge in [0, 0.05) is 25.5 Å². The van der Waals surface area contributed by atoms with Gasteiger partial charge in [0.25, 0.3) is 5.91 Å². The molecule has 0 unspecified atom stereocenters. The number of benzene rings is 1. The van der Waals surface area contributed by atoms with Crippen molar-refractivity contribution in [2.24, 2.45) is 0 Å². The van der Waals surface area contributed by atoms with E-state index in [4.69, 9.17) is 4.74 Å². The standard InChI is InChI=1S/C23H30N2O2/c1-5-7-18-25(6-2)22(26)23(3,4)27-21-12-10-19(11-13-21)8-9-20-14-16-24-17-15-20/h8-17H,5-7,18H2,1-4H3/b9-8+. The van der Waals surface area contributed by atoms with Gasteiger partial charge >= 0.3 is 0 Å². The lowest BCUT2D eigenvalue weighted by molar-refractivity contribution is -0.145. The van der Waals surface area contributed by atoms with Crippen molar-refractivity contribution >= 4 is 18.1 Å². The first-order valence-electron chi connectivity index (χ1n) is 9.63. The molecule has 0 aliphatic rings. The lowest BCUT2D eigenvalue weighted by atomic mass is 10.1. The zero-order valence-electron chi connectivity index (χ0n) is 16.8. The molecule has 0 aliphatic heterocycles. The second-order valence-corrected chi connectivity index (χ2v) is 7.03. The van der Waals surface area contributed by atoms with Crippen molar-refractivity contribution in [2.75, 3.05) is 13.1 Å². The van der Waals surface area contributed by atoms with Crippen LogP contribution in [0.25, 0.3) is 12.2 Å². The molecule has 27 heavy (non-hydrogen) atoms. The molecule has 0 spiro atoms. The Morgan fingerprint density at radius 1 is 1.04 bits per heavy atom. The van der Waals surface area contributed by atoms with Gasteiger partial charge in [-0.15, -0.1) is 0 Å². The monoisotopic (exact) mass is 366 g/mol. The normalized spacial score (nSPS) is 11.6. The van der Waals surface area contributed by atoms with Crippen LogP contribution >= 0.6 is 0 Å². The molecular formula is C23H30N2O2. The molecule has 0 N–H and O–H groups in total. The fourth-order valence-corrected chi connectivity index (χ4v) is 2.79. The van der Waals surface area contributed by atoms with Crippen molar-refractivity contribution in [1.29, 1.82) is 0 Å². The van der Waals surface area contributed by atoms with Gasteiger partial charge in [0.15, 0.2) is 5.60 Å². The Balaban J connectivity index is 2.01. The highest BCUT2D eigenvalue weighted by atomic mass is 16.5. The number of hydrogen-bond donors (Lipinski definition) is 0. The van der Waals surface area contributed by atoms with Crippen LogP contribution < -0.4 is 4.74 Å². The Morgan fingerprint density at radius 2 is 1.63 bits per heavy atom. The molecule has 4 heteroatoms.